The molecule has 0 radical (unpaired) electrons. The zero-order valence-electron chi connectivity index (χ0n) is 11.6. The minimum Gasteiger partial charge on any atom is -0.482 e. The summed E-state index contributed by atoms with van der Waals surface area (Å²) in [7, 11) is 0. The number of carbonyl (C=O) groups excluding carboxylic acids is 1. The second-order valence-corrected chi connectivity index (χ2v) is 6.11. The highest BCUT2D eigenvalue weighted by molar-refractivity contribution is 6.35. The molecule has 116 valence electrons. The highest BCUT2D eigenvalue weighted by atomic mass is 35.5. The van der Waals surface area contributed by atoms with Gasteiger partial charge in [-0.1, -0.05) is 36.0 Å². The molecule has 1 fully saturated rings. The van der Waals surface area contributed by atoms with Gasteiger partial charge in [0.05, 0.1) is 5.02 Å². The van der Waals surface area contributed by atoms with Crippen molar-refractivity contribution >= 4 is 29.1 Å². The van der Waals surface area contributed by atoms with Crippen LogP contribution in [0, 0.1) is 5.92 Å². The van der Waals surface area contributed by atoms with Gasteiger partial charge >= 0.3 is 0 Å². The number of benzene rings is 1. The Bertz CT molecular complexity index is 496. The van der Waals surface area contributed by atoms with E-state index in [2.05, 4.69) is 5.32 Å². The highest BCUT2D eigenvalue weighted by Gasteiger charge is 2.25. The van der Waals surface area contributed by atoms with Crippen molar-refractivity contribution in [1.29, 1.82) is 0 Å². The van der Waals surface area contributed by atoms with Gasteiger partial charge in [0.15, 0.2) is 6.61 Å². The number of carbonyl (C=O) groups is 1. The number of nitrogens with one attached hydrogen (secondary N) is 1. The number of ether oxygens (including phenoxy) is 1. The van der Waals surface area contributed by atoms with Crippen LogP contribution in [-0.2, 0) is 4.79 Å². The molecule has 0 bridgehead atoms. The molecule has 0 aliphatic heterocycles. The molecule has 1 amide bonds. The number of rotatable bonds is 5. The SMILES string of the molecule is O=C(COc1ccc(Cl)cc1Cl)NC1CCCCC1CO. The summed E-state index contributed by atoms with van der Waals surface area (Å²) < 4.78 is 5.40. The van der Waals surface area contributed by atoms with E-state index in [0.717, 1.165) is 25.7 Å². The summed E-state index contributed by atoms with van der Waals surface area (Å²) >= 11 is 11.8. The molecule has 4 nitrogen and oxygen atoms in total. The molecule has 1 aromatic rings. The molecule has 1 aliphatic rings. The van der Waals surface area contributed by atoms with Crippen LogP contribution in [0.2, 0.25) is 10.0 Å². The van der Waals surface area contributed by atoms with Gasteiger partial charge in [0.2, 0.25) is 0 Å². The summed E-state index contributed by atoms with van der Waals surface area (Å²) in [6.07, 6.45) is 4.03. The molecule has 1 aromatic carbocycles. The maximum Gasteiger partial charge on any atom is 0.258 e. The fourth-order valence-corrected chi connectivity index (χ4v) is 3.06. The molecule has 2 N–H and O–H groups in total. The van der Waals surface area contributed by atoms with Gasteiger partial charge in [-0.25, -0.2) is 0 Å². The summed E-state index contributed by atoms with van der Waals surface area (Å²) in [6, 6.07) is 4.89. The average Bonchev–Trinajstić information content (AvgIpc) is 2.47. The van der Waals surface area contributed by atoms with Crippen molar-refractivity contribution < 1.29 is 14.6 Å². The number of halogens is 2. The maximum atomic E-state index is 11.9. The summed E-state index contributed by atoms with van der Waals surface area (Å²) in [4.78, 5) is 11.9. The lowest BCUT2D eigenvalue weighted by atomic mass is 9.85. The van der Waals surface area contributed by atoms with Crippen LogP contribution in [0.1, 0.15) is 25.7 Å². The lowest BCUT2D eigenvalue weighted by Gasteiger charge is -2.30. The van der Waals surface area contributed by atoms with Crippen LogP contribution < -0.4 is 10.1 Å². The molecular weight excluding hydrogens is 313 g/mol. The summed E-state index contributed by atoms with van der Waals surface area (Å²) in [5.41, 5.74) is 0. The van der Waals surface area contributed by atoms with E-state index >= 15 is 0 Å². The van der Waals surface area contributed by atoms with Crippen LogP contribution in [0.4, 0.5) is 0 Å². The van der Waals surface area contributed by atoms with E-state index < -0.39 is 0 Å². The Morgan fingerprint density at radius 1 is 1.33 bits per heavy atom. The van der Waals surface area contributed by atoms with Gasteiger partial charge in [-0.3, -0.25) is 4.79 Å². The molecule has 1 aliphatic carbocycles. The van der Waals surface area contributed by atoms with Gasteiger partial charge < -0.3 is 15.2 Å². The molecule has 2 unspecified atom stereocenters. The number of amides is 1. The standard InChI is InChI=1S/C15H19Cl2NO3/c16-11-5-6-14(12(17)7-11)21-9-15(20)18-13-4-2-1-3-10(13)8-19/h5-7,10,13,19H,1-4,8-9H2,(H,18,20). The van der Waals surface area contributed by atoms with E-state index in [1.807, 2.05) is 0 Å². The van der Waals surface area contributed by atoms with Crippen LogP contribution >= 0.6 is 23.2 Å². The topological polar surface area (TPSA) is 58.6 Å². The third kappa shape index (κ3) is 4.77. The first-order chi connectivity index (χ1) is 10.1. The van der Waals surface area contributed by atoms with E-state index in [4.69, 9.17) is 27.9 Å². The lowest BCUT2D eigenvalue weighted by molar-refractivity contribution is -0.124. The smallest absolute Gasteiger partial charge is 0.258 e. The number of hydrogen-bond donors (Lipinski definition) is 2. The number of aliphatic hydroxyl groups is 1. The monoisotopic (exact) mass is 331 g/mol. The van der Waals surface area contributed by atoms with Gasteiger partial charge in [-0.15, -0.1) is 0 Å². The molecular formula is C15H19Cl2NO3. The Hall–Kier alpha value is -0.970. The maximum absolute atomic E-state index is 11.9. The molecule has 0 heterocycles. The van der Waals surface area contributed by atoms with Crippen LogP contribution in [0.5, 0.6) is 5.75 Å². The Balaban J connectivity index is 1.84. The summed E-state index contributed by atoms with van der Waals surface area (Å²) in [6.45, 7) is 0.00478. The molecule has 2 atom stereocenters. The van der Waals surface area contributed by atoms with Crippen molar-refractivity contribution in [2.24, 2.45) is 5.92 Å². The average molecular weight is 332 g/mol. The van der Waals surface area contributed by atoms with E-state index in [-0.39, 0.29) is 31.1 Å². The van der Waals surface area contributed by atoms with Crippen molar-refractivity contribution in [2.45, 2.75) is 31.7 Å². The Morgan fingerprint density at radius 3 is 2.81 bits per heavy atom. The van der Waals surface area contributed by atoms with E-state index in [0.29, 0.717) is 15.8 Å². The molecule has 0 aromatic heterocycles. The largest absolute Gasteiger partial charge is 0.482 e. The Kier molecular flexibility index (Phi) is 6.15. The van der Waals surface area contributed by atoms with Gasteiger partial charge in [0, 0.05) is 23.6 Å². The lowest BCUT2D eigenvalue weighted by Crippen LogP contribution is -2.45. The zero-order chi connectivity index (χ0) is 15.2. The van der Waals surface area contributed by atoms with Crippen LogP contribution in [-0.4, -0.2) is 30.3 Å². The second kappa shape index (κ2) is 7.87. The first-order valence-corrected chi connectivity index (χ1v) is 7.84. The fraction of sp³-hybridized carbons (Fsp3) is 0.533. The van der Waals surface area contributed by atoms with Crippen molar-refractivity contribution in [2.75, 3.05) is 13.2 Å². The zero-order valence-corrected chi connectivity index (χ0v) is 13.2. The highest BCUT2D eigenvalue weighted by Crippen LogP contribution is 2.27. The van der Waals surface area contributed by atoms with Crippen LogP contribution in [0.3, 0.4) is 0 Å². The van der Waals surface area contributed by atoms with Crippen molar-refractivity contribution in [3.05, 3.63) is 28.2 Å². The minimum atomic E-state index is -0.202. The molecule has 0 saturated heterocycles. The van der Waals surface area contributed by atoms with E-state index in [1.165, 1.54) is 0 Å². The van der Waals surface area contributed by atoms with Gasteiger partial charge in [-0.2, -0.15) is 0 Å². The van der Waals surface area contributed by atoms with Crippen molar-refractivity contribution in [1.82, 2.24) is 5.32 Å². The summed E-state index contributed by atoms with van der Waals surface area (Å²) in [5, 5.41) is 13.2. The summed E-state index contributed by atoms with van der Waals surface area (Å²) in [5.74, 6) is 0.367. The van der Waals surface area contributed by atoms with E-state index in [1.54, 1.807) is 18.2 Å². The predicted molar refractivity (Wildman–Crippen MR) is 82.9 cm³/mol. The van der Waals surface area contributed by atoms with Gasteiger partial charge in [0.1, 0.15) is 5.75 Å². The number of aliphatic hydroxyl groups excluding tert-OH is 1. The molecule has 2 rings (SSSR count). The van der Waals surface area contributed by atoms with Crippen LogP contribution in [0.15, 0.2) is 18.2 Å². The number of hydrogen-bond acceptors (Lipinski definition) is 3. The molecule has 21 heavy (non-hydrogen) atoms. The van der Waals surface area contributed by atoms with E-state index in [9.17, 15) is 9.90 Å². The second-order valence-electron chi connectivity index (χ2n) is 5.26. The van der Waals surface area contributed by atoms with Crippen molar-refractivity contribution in [3.63, 3.8) is 0 Å². The Labute approximate surface area is 134 Å². The van der Waals surface area contributed by atoms with Gasteiger partial charge in [-0.05, 0) is 31.0 Å². The van der Waals surface area contributed by atoms with Gasteiger partial charge in [0.25, 0.3) is 5.91 Å². The normalized spacial score (nSPS) is 21.9. The van der Waals surface area contributed by atoms with Crippen molar-refractivity contribution in [3.8, 4) is 5.75 Å². The quantitative estimate of drug-likeness (QED) is 0.871. The predicted octanol–water partition coefficient (Wildman–Crippen LogP) is 3.04. The Morgan fingerprint density at radius 2 is 2.10 bits per heavy atom. The minimum absolute atomic E-state index is 0.0283. The first kappa shape index (κ1) is 16.4. The molecule has 1 saturated carbocycles. The third-order valence-corrected chi connectivity index (χ3v) is 4.27. The molecule has 6 heteroatoms. The fourth-order valence-electron chi connectivity index (χ4n) is 2.60. The first-order valence-electron chi connectivity index (χ1n) is 7.08. The molecule has 0 spiro atoms. The van der Waals surface area contributed by atoms with Crippen LogP contribution in [0.25, 0.3) is 0 Å². The third-order valence-electron chi connectivity index (χ3n) is 3.74.